The molecule has 0 aliphatic heterocycles. The molecule has 4 aromatic rings. The first-order chi connectivity index (χ1) is 16.8. The van der Waals surface area contributed by atoms with Crippen molar-refractivity contribution in [2.75, 3.05) is 20.8 Å². The van der Waals surface area contributed by atoms with Gasteiger partial charge in [0.2, 0.25) is 10.0 Å². The summed E-state index contributed by atoms with van der Waals surface area (Å²) >= 11 is 0. The molecule has 0 saturated carbocycles. The molecule has 1 aromatic heterocycles. The lowest BCUT2D eigenvalue weighted by Crippen LogP contribution is -2.34. The summed E-state index contributed by atoms with van der Waals surface area (Å²) < 4.78 is 39.2. The first-order valence-electron chi connectivity index (χ1n) is 11.2. The maximum atomic E-state index is 13.6. The molecule has 0 aliphatic rings. The van der Waals surface area contributed by atoms with Crippen LogP contribution in [0.25, 0.3) is 10.9 Å². The third-order valence-electron chi connectivity index (χ3n) is 5.89. The molecule has 182 valence electrons. The lowest BCUT2D eigenvalue weighted by atomic mass is 10.1. The minimum atomic E-state index is -3.84. The number of benzene rings is 3. The number of fused-ring (bicyclic) bond motifs is 1. The highest BCUT2D eigenvalue weighted by molar-refractivity contribution is 7.89. The molecule has 0 spiro atoms. The maximum Gasteiger partial charge on any atom is 0.252 e. The van der Waals surface area contributed by atoms with E-state index in [1.165, 1.54) is 18.5 Å². The zero-order chi connectivity index (χ0) is 25.0. The third-order valence-corrected chi connectivity index (χ3v) is 7.74. The number of nitrogens with one attached hydrogen (secondary N) is 1. The van der Waals surface area contributed by atoms with E-state index in [0.717, 1.165) is 11.1 Å². The highest BCUT2D eigenvalue weighted by atomic mass is 32.2. The molecule has 3 aromatic carbocycles. The van der Waals surface area contributed by atoms with E-state index in [4.69, 9.17) is 9.47 Å². The van der Waals surface area contributed by atoms with Gasteiger partial charge in [-0.05, 0) is 43.2 Å². The summed E-state index contributed by atoms with van der Waals surface area (Å²) in [5.41, 5.74) is 2.70. The average Bonchev–Trinajstić information content (AvgIpc) is 2.86. The molecule has 8 heteroatoms. The molecule has 0 bridgehead atoms. The standard InChI is InChI=1S/C27H28N2O5S/c1-19-8-7-9-20(14-19)12-13-29(35(31,32)23-10-5-4-6-11-23)18-22-15-21-16-25(33-2)26(34-3)17-24(21)28-27(22)30/h4-11,14-17H,12-13,18H2,1-3H3,(H,28,30). The summed E-state index contributed by atoms with van der Waals surface area (Å²) in [7, 11) is -0.775. The van der Waals surface area contributed by atoms with E-state index in [1.807, 2.05) is 31.2 Å². The largest absolute Gasteiger partial charge is 0.493 e. The van der Waals surface area contributed by atoms with Crippen molar-refractivity contribution in [3.63, 3.8) is 0 Å². The first kappa shape index (κ1) is 24.5. The van der Waals surface area contributed by atoms with Crippen molar-refractivity contribution in [3.8, 4) is 11.5 Å². The van der Waals surface area contributed by atoms with E-state index >= 15 is 0 Å². The molecule has 35 heavy (non-hydrogen) atoms. The van der Waals surface area contributed by atoms with Gasteiger partial charge in [0.15, 0.2) is 11.5 Å². The molecule has 0 amide bonds. The quantitative estimate of drug-likeness (QED) is 0.377. The fourth-order valence-corrected chi connectivity index (χ4v) is 5.47. The highest BCUT2D eigenvalue weighted by Gasteiger charge is 2.25. The Labute approximate surface area is 205 Å². The van der Waals surface area contributed by atoms with Crippen LogP contribution in [0.2, 0.25) is 0 Å². The Morgan fingerprint density at radius 1 is 0.886 bits per heavy atom. The number of aromatic amines is 1. The second-order valence-corrected chi connectivity index (χ2v) is 10.2. The lowest BCUT2D eigenvalue weighted by Gasteiger charge is -2.22. The number of pyridine rings is 1. The minimum absolute atomic E-state index is 0.0668. The number of ether oxygens (including phenoxy) is 2. The molecule has 1 heterocycles. The Hall–Kier alpha value is -3.62. The smallest absolute Gasteiger partial charge is 0.252 e. The molecular weight excluding hydrogens is 464 g/mol. The van der Waals surface area contributed by atoms with Crippen molar-refractivity contribution in [1.82, 2.24) is 9.29 Å². The van der Waals surface area contributed by atoms with E-state index in [2.05, 4.69) is 4.98 Å². The Kier molecular flexibility index (Phi) is 7.23. The van der Waals surface area contributed by atoms with Crippen LogP contribution in [-0.4, -0.2) is 38.5 Å². The van der Waals surface area contributed by atoms with Gasteiger partial charge in [-0.1, -0.05) is 48.0 Å². The van der Waals surface area contributed by atoms with E-state index in [9.17, 15) is 13.2 Å². The molecule has 0 radical (unpaired) electrons. The summed E-state index contributed by atoms with van der Waals surface area (Å²) in [5.74, 6) is 1.01. The van der Waals surface area contributed by atoms with Crippen LogP contribution in [0.5, 0.6) is 11.5 Å². The normalized spacial score (nSPS) is 11.7. The van der Waals surface area contributed by atoms with Gasteiger partial charge in [-0.25, -0.2) is 8.42 Å². The van der Waals surface area contributed by atoms with E-state index in [1.54, 1.807) is 48.5 Å². The Balaban J connectivity index is 1.73. The average molecular weight is 493 g/mol. The number of hydrogen-bond donors (Lipinski definition) is 1. The highest BCUT2D eigenvalue weighted by Crippen LogP contribution is 2.31. The number of H-pyrrole nitrogens is 1. The fraction of sp³-hybridized carbons (Fsp3) is 0.222. The Morgan fingerprint density at radius 2 is 1.60 bits per heavy atom. The second kappa shape index (κ2) is 10.3. The molecule has 1 N–H and O–H groups in total. The minimum Gasteiger partial charge on any atom is -0.493 e. The van der Waals surface area contributed by atoms with Crippen molar-refractivity contribution >= 4 is 20.9 Å². The molecule has 0 unspecified atom stereocenters. The van der Waals surface area contributed by atoms with Crippen molar-refractivity contribution in [2.45, 2.75) is 24.8 Å². The molecule has 0 fully saturated rings. The SMILES string of the molecule is COc1cc2cc(CN(CCc3cccc(C)c3)S(=O)(=O)c3ccccc3)c(=O)[nH]c2cc1OC. The molecule has 7 nitrogen and oxygen atoms in total. The predicted octanol–water partition coefficient (Wildman–Crippen LogP) is 4.29. The zero-order valence-electron chi connectivity index (χ0n) is 19.9. The monoisotopic (exact) mass is 492 g/mol. The van der Waals surface area contributed by atoms with Crippen molar-refractivity contribution in [1.29, 1.82) is 0 Å². The first-order valence-corrected chi connectivity index (χ1v) is 12.6. The summed E-state index contributed by atoms with van der Waals surface area (Å²) in [5, 5.41) is 0.716. The van der Waals surface area contributed by atoms with Gasteiger partial charge in [0.1, 0.15) is 0 Å². The van der Waals surface area contributed by atoms with Gasteiger partial charge < -0.3 is 14.5 Å². The lowest BCUT2D eigenvalue weighted by molar-refractivity contribution is 0.355. The molecule has 0 atom stereocenters. The predicted molar refractivity (Wildman–Crippen MR) is 137 cm³/mol. The number of methoxy groups -OCH3 is 2. The van der Waals surface area contributed by atoms with E-state index in [0.29, 0.717) is 34.4 Å². The summed E-state index contributed by atoms with van der Waals surface area (Å²) in [6.45, 7) is 2.16. The fourth-order valence-electron chi connectivity index (χ4n) is 4.03. The van der Waals surface area contributed by atoms with Gasteiger partial charge in [0, 0.05) is 30.1 Å². The van der Waals surface area contributed by atoms with Crippen molar-refractivity contribution in [3.05, 3.63) is 99.8 Å². The van der Waals surface area contributed by atoms with Crippen LogP contribution < -0.4 is 15.0 Å². The van der Waals surface area contributed by atoms with Crippen LogP contribution in [0.15, 0.2) is 82.5 Å². The van der Waals surface area contributed by atoms with Gasteiger partial charge in [0.05, 0.1) is 24.6 Å². The molecular formula is C27H28N2O5S. The molecule has 4 rings (SSSR count). The summed E-state index contributed by atoms with van der Waals surface area (Å²) in [6.07, 6.45) is 0.518. The maximum absolute atomic E-state index is 13.6. The van der Waals surface area contributed by atoms with Gasteiger partial charge >= 0.3 is 0 Å². The number of nitrogens with zero attached hydrogens (tertiary/aromatic N) is 1. The Bertz CT molecular complexity index is 1500. The third kappa shape index (κ3) is 5.39. The summed E-state index contributed by atoms with van der Waals surface area (Å²) in [4.78, 5) is 16.0. The molecule has 0 aliphatic carbocycles. The second-order valence-electron chi connectivity index (χ2n) is 8.31. The van der Waals surface area contributed by atoms with E-state index < -0.39 is 10.0 Å². The van der Waals surface area contributed by atoms with Gasteiger partial charge in [0.25, 0.3) is 5.56 Å². The van der Waals surface area contributed by atoms with Crippen LogP contribution in [0.4, 0.5) is 0 Å². The number of aryl methyl sites for hydroxylation is 1. The Morgan fingerprint density at radius 3 is 2.29 bits per heavy atom. The molecule has 0 saturated heterocycles. The van der Waals surface area contributed by atoms with Crippen LogP contribution in [0, 0.1) is 6.92 Å². The van der Waals surface area contributed by atoms with Gasteiger partial charge in [-0.3, -0.25) is 4.79 Å². The van der Waals surface area contributed by atoms with E-state index in [-0.39, 0.29) is 23.5 Å². The van der Waals surface area contributed by atoms with Gasteiger partial charge in [-0.15, -0.1) is 0 Å². The number of aromatic nitrogens is 1. The topological polar surface area (TPSA) is 88.7 Å². The van der Waals surface area contributed by atoms with Crippen molar-refractivity contribution in [2.24, 2.45) is 0 Å². The number of rotatable bonds is 9. The number of sulfonamides is 1. The van der Waals surface area contributed by atoms with Crippen LogP contribution in [0.3, 0.4) is 0 Å². The summed E-state index contributed by atoms with van der Waals surface area (Å²) in [6, 6.07) is 21.4. The van der Waals surface area contributed by atoms with Crippen LogP contribution >= 0.6 is 0 Å². The van der Waals surface area contributed by atoms with Gasteiger partial charge in [-0.2, -0.15) is 4.31 Å². The van der Waals surface area contributed by atoms with Crippen LogP contribution in [-0.2, 0) is 23.0 Å². The zero-order valence-corrected chi connectivity index (χ0v) is 20.8. The van der Waals surface area contributed by atoms with Crippen LogP contribution in [0.1, 0.15) is 16.7 Å². The number of hydrogen-bond acceptors (Lipinski definition) is 5. The van der Waals surface area contributed by atoms with Crippen molar-refractivity contribution < 1.29 is 17.9 Å².